The van der Waals surface area contributed by atoms with Gasteiger partial charge >= 0.3 is 0 Å². The molecule has 2 aromatic carbocycles. The van der Waals surface area contributed by atoms with Gasteiger partial charge in [0.1, 0.15) is 6.54 Å². The molecule has 0 saturated carbocycles. The lowest BCUT2D eigenvalue weighted by molar-refractivity contribution is -0.117. The van der Waals surface area contributed by atoms with Crippen LogP contribution in [0.3, 0.4) is 0 Å². The number of benzene rings is 2. The first-order valence-electron chi connectivity index (χ1n) is 7.84. The highest BCUT2D eigenvalue weighted by molar-refractivity contribution is 6.36. The average molecular weight is 373 g/mol. The van der Waals surface area contributed by atoms with Gasteiger partial charge in [0.2, 0.25) is 11.9 Å². The number of carbonyl (C=O) groups excluding carboxylic acids is 1. The van der Waals surface area contributed by atoms with Gasteiger partial charge in [-0.15, -0.1) is 0 Å². The number of aliphatic imine (C=N–C) groups is 2. The van der Waals surface area contributed by atoms with Crippen LogP contribution in [0.15, 0.2) is 52.4 Å². The van der Waals surface area contributed by atoms with E-state index in [4.69, 9.17) is 28.2 Å². The van der Waals surface area contributed by atoms with Crippen molar-refractivity contribution >= 4 is 46.5 Å². The second-order valence-corrected chi connectivity index (χ2v) is 6.55. The molecule has 0 saturated heterocycles. The fraction of sp³-hybridized carbons (Fsp3) is 0.167. The van der Waals surface area contributed by atoms with Crippen molar-refractivity contribution in [1.29, 1.82) is 0 Å². The molecule has 0 aromatic heterocycles. The Kier molecular flexibility index (Phi) is 4.19. The largest absolute Gasteiger partial charge is 0.310 e. The first kappa shape index (κ1) is 16.1. The topological polar surface area (TPSA) is 57.1 Å². The van der Waals surface area contributed by atoms with Crippen LogP contribution < -0.4 is 10.2 Å². The van der Waals surface area contributed by atoms with Crippen molar-refractivity contribution in [1.82, 2.24) is 5.32 Å². The Bertz CT molecular complexity index is 923. The number of anilines is 1. The first-order chi connectivity index (χ1) is 12.1. The molecule has 2 aliphatic rings. The Hall–Kier alpha value is -2.37. The number of hydrogen-bond acceptors (Lipinski definition) is 4. The molecule has 0 radical (unpaired) electrons. The lowest BCUT2D eigenvalue weighted by Crippen LogP contribution is -2.42. The summed E-state index contributed by atoms with van der Waals surface area (Å²) in [6.45, 7) is 1.29. The van der Waals surface area contributed by atoms with Gasteiger partial charge in [0, 0.05) is 27.7 Å². The minimum atomic E-state index is -0.109. The fourth-order valence-corrected chi connectivity index (χ4v) is 3.40. The molecule has 2 aromatic rings. The van der Waals surface area contributed by atoms with Gasteiger partial charge < -0.3 is 4.90 Å². The van der Waals surface area contributed by atoms with E-state index in [0.29, 0.717) is 29.1 Å². The number of rotatable bonds is 1. The lowest BCUT2D eigenvalue weighted by atomic mass is 10.00. The molecular weight excluding hydrogens is 359 g/mol. The third-order valence-electron chi connectivity index (χ3n) is 4.11. The molecule has 7 heteroatoms. The molecular formula is C18H14Cl2N4O. The van der Waals surface area contributed by atoms with E-state index in [1.54, 1.807) is 0 Å². The van der Waals surface area contributed by atoms with E-state index in [0.717, 1.165) is 22.5 Å². The minimum Gasteiger partial charge on any atom is -0.310 e. The molecule has 126 valence electrons. The summed E-state index contributed by atoms with van der Waals surface area (Å²) in [5.74, 6) is 0.436. The molecule has 25 heavy (non-hydrogen) atoms. The summed E-state index contributed by atoms with van der Waals surface area (Å²) in [5, 5.41) is 4.04. The molecule has 0 fully saturated rings. The summed E-state index contributed by atoms with van der Waals surface area (Å²) >= 11 is 12.6. The van der Waals surface area contributed by atoms with Crippen molar-refractivity contribution in [3.05, 3.63) is 63.6 Å². The number of carbonyl (C=O) groups is 1. The molecule has 0 unspecified atom stereocenters. The quantitative estimate of drug-likeness (QED) is 0.835. The maximum atomic E-state index is 11.6. The number of amides is 1. The van der Waals surface area contributed by atoms with Crippen molar-refractivity contribution in [3.8, 4) is 0 Å². The van der Waals surface area contributed by atoms with Crippen LogP contribution in [0, 0.1) is 0 Å². The van der Waals surface area contributed by atoms with Gasteiger partial charge in [-0.2, -0.15) is 0 Å². The van der Waals surface area contributed by atoms with Crippen molar-refractivity contribution in [2.75, 3.05) is 24.5 Å². The lowest BCUT2D eigenvalue weighted by Gasteiger charge is -2.24. The predicted molar refractivity (Wildman–Crippen MR) is 101 cm³/mol. The maximum absolute atomic E-state index is 11.6. The number of hydrogen-bond donors (Lipinski definition) is 1. The Morgan fingerprint density at radius 2 is 1.88 bits per heavy atom. The van der Waals surface area contributed by atoms with Crippen LogP contribution in [-0.4, -0.2) is 37.2 Å². The monoisotopic (exact) mass is 372 g/mol. The second-order valence-electron chi connectivity index (χ2n) is 5.71. The van der Waals surface area contributed by atoms with Gasteiger partial charge in [0.25, 0.3) is 0 Å². The third-order valence-corrected chi connectivity index (χ3v) is 4.67. The molecule has 2 aliphatic heterocycles. The SMILES string of the molecule is O=C1CN=C(N2CCN=C(c3ccccc3Cl)c3cc(Cl)ccc32)N1. The molecule has 1 amide bonds. The normalized spacial score (nSPS) is 16.7. The highest BCUT2D eigenvalue weighted by Gasteiger charge is 2.27. The van der Waals surface area contributed by atoms with Gasteiger partial charge in [-0.05, 0) is 24.3 Å². The highest BCUT2D eigenvalue weighted by atomic mass is 35.5. The Morgan fingerprint density at radius 3 is 2.64 bits per heavy atom. The number of halogens is 2. The maximum Gasteiger partial charge on any atom is 0.248 e. The predicted octanol–water partition coefficient (Wildman–Crippen LogP) is 3.14. The Morgan fingerprint density at radius 1 is 1.04 bits per heavy atom. The van der Waals surface area contributed by atoms with Crippen molar-refractivity contribution in [3.63, 3.8) is 0 Å². The molecule has 0 atom stereocenters. The fourth-order valence-electron chi connectivity index (χ4n) is 3.01. The van der Waals surface area contributed by atoms with E-state index in [1.807, 2.05) is 47.4 Å². The van der Waals surface area contributed by atoms with Crippen LogP contribution in [0.5, 0.6) is 0 Å². The summed E-state index contributed by atoms with van der Waals surface area (Å²) in [6, 6.07) is 13.2. The van der Waals surface area contributed by atoms with Crippen LogP contribution in [0.25, 0.3) is 0 Å². The summed E-state index contributed by atoms with van der Waals surface area (Å²) in [7, 11) is 0. The van der Waals surface area contributed by atoms with E-state index < -0.39 is 0 Å². The zero-order chi connectivity index (χ0) is 17.4. The zero-order valence-electron chi connectivity index (χ0n) is 13.2. The second kappa shape index (κ2) is 6.50. The van der Waals surface area contributed by atoms with E-state index in [9.17, 15) is 4.79 Å². The van der Waals surface area contributed by atoms with Crippen LogP contribution in [-0.2, 0) is 4.79 Å². The van der Waals surface area contributed by atoms with Crippen LogP contribution in [0.2, 0.25) is 10.0 Å². The van der Waals surface area contributed by atoms with Crippen molar-refractivity contribution in [2.45, 2.75) is 0 Å². The number of fused-ring (bicyclic) bond motifs is 1. The number of nitrogens with zero attached hydrogens (tertiary/aromatic N) is 3. The van der Waals surface area contributed by atoms with Gasteiger partial charge in [-0.1, -0.05) is 41.4 Å². The Labute approximate surface area is 155 Å². The van der Waals surface area contributed by atoms with Gasteiger partial charge in [0.15, 0.2) is 0 Å². The molecule has 0 spiro atoms. The summed E-state index contributed by atoms with van der Waals surface area (Å²) < 4.78 is 0. The molecule has 0 bridgehead atoms. The molecule has 5 nitrogen and oxygen atoms in total. The van der Waals surface area contributed by atoms with Crippen LogP contribution in [0.1, 0.15) is 11.1 Å². The highest BCUT2D eigenvalue weighted by Crippen LogP contribution is 2.31. The van der Waals surface area contributed by atoms with Gasteiger partial charge in [-0.25, -0.2) is 4.99 Å². The molecule has 0 aliphatic carbocycles. The third kappa shape index (κ3) is 3.01. The standard InChI is InChI=1S/C18H14Cl2N4O/c19-11-5-6-15-13(9-11)17(12-3-1-2-4-14(12)20)21-7-8-24(15)18-22-10-16(25)23-18/h1-6,9H,7-8,10H2,(H,22,23,25). The van der Waals surface area contributed by atoms with Crippen LogP contribution >= 0.6 is 23.2 Å². The summed E-state index contributed by atoms with van der Waals surface area (Å²) in [6.07, 6.45) is 0. The van der Waals surface area contributed by atoms with E-state index in [1.165, 1.54) is 0 Å². The van der Waals surface area contributed by atoms with Crippen molar-refractivity contribution in [2.24, 2.45) is 9.98 Å². The average Bonchev–Trinajstić information content (AvgIpc) is 2.94. The number of nitrogens with one attached hydrogen (secondary N) is 1. The summed E-state index contributed by atoms with van der Waals surface area (Å²) in [5.41, 5.74) is 3.39. The van der Waals surface area contributed by atoms with E-state index in [-0.39, 0.29) is 12.5 Å². The van der Waals surface area contributed by atoms with Crippen LogP contribution in [0.4, 0.5) is 5.69 Å². The zero-order valence-corrected chi connectivity index (χ0v) is 14.7. The van der Waals surface area contributed by atoms with E-state index in [2.05, 4.69) is 10.3 Å². The smallest absolute Gasteiger partial charge is 0.248 e. The van der Waals surface area contributed by atoms with E-state index >= 15 is 0 Å². The van der Waals surface area contributed by atoms with Gasteiger partial charge in [0.05, 0.1) is 17.9 Å². The first-order valence-corrected chi connectivity index (χ1v) is 8.60. The number of guanidine groups is 1. The molecule has 1 N–H and O–H groups in total. The molecule has 4 rings (SSSR count). The van der Waals surface area contributed by atoms with Gasteiger partial charge in [-0.3, -0.25) is 15.1 Å². The number of benzodiazepines with no additional fused rings is 1. The van der Waals surface area contributed by atoms with Crippen molar-refractivity contribution < 1.29 is 4.79 Å². The Balaban J connectivity index is 1.85. The minimum absolute atomic E-state index is 0.109. The molecule has 2 heterocycles. The summed E-state index contributed by atoms with van der Waals surface area (Å²) in [4.78, 5) is 22.6.